The van der Waals surface area contributed by atoms with Crippen LogP contribution in [0, 0.1) is 0 Å². The molecule has 1 saturated heterocycles. The van der Waals surface area contributed by atoms with Crippen molar-refractivity contribution in [2.45, 2.75) is 26.2 Å². The molecule has 0 bridgehead atoms. The highest BCUT2D eigenvalue weighted by Crippen LogP contribution is 2.16. The lowest BCUT2D eigenvalue weighted by Gasteiger charge is -2.22. The molecule has 1 aliphatic rings. The van der Waals surface area contributed by atoms with E-state index in [0.717, 1.165) is 12.8 Å². The molecule has 138 valence electrons. The van der Waals surface area contributed by atoms with Crippen molar-refractivity contribution in [1.29, 1.82) is 0 Å². The van der Waals surface area contributed by atoms with Crippen molar-refractivity contribution in [3.63, 3.8) is 0 Å². The minimum absolute atomic E-state index is 0.136. The standard InChI is InChI=1S/C18H26ClN3O3/c1-2-25-13-4-8-17(23)21-9-5-10-22(12-11-21)18(24)20-16-7-3-6-15(19)14-16/h3,6-7,14H,2,4-5,8-13H2,1H3,(H,20,24). The molecule has 3 amide bonds. The maximum atomic E-state index is 12.4. The first-order valence-corrected chi connectivity index (χ1v) is 9.15. The van der Waals surface area contributed by atoms with E-state index in [1.807, 2.05) is 11.8 Å². The van der Waals surface area contributed by atoms with E-state index in [-0.39, 0.29) is 11.9 Å². The van der Waals surface area contributed by atoms with Crippen LogP contribution in [0.1, 0.15) is 26.2 Å². The number of urea groups is 1. The molecule has 1 aliphatic heterocycles. The molecule has 6 nitrogen and oxygen atoms in total. The third-order valence-corrected chi connectivity index (χ3v) is 4.33. The summed E-state index contributed by atoms with van der Waals surface area (Å²) in [7, 11) is 0. The molecule has 1 aromatic rings. The molecule has 0 radical (unpaired) electrons. The fourth-order valence-electron chi connectivity index (χ4n) is 2.77. The smallest absolute Gasteiger partial charge is 0.321 e. The zero-order chi connectivity index (χ0) is 18.1. The Hall–Kier alpha value is -1.79. The number of hydrogen-bond donors (Lipinski definition) is 1. The van der Waals surface area contributed by atoms with E-state index >= 15 is 0 Å². The second kappa shape index (κ2) is 10.3. The zero-order valence-electron chi connectivity index (χ0n) is 14.7. The number of nitrogens with zero attached hydrogens (tertiary/aromatic N) is 2. The molecule has 1 N–H and O–H groups in total. The highest BCUT2D eigenvalue weighted by Gasteiger charge is 2.21. The van der Waals surface area contributed by atoms with E-state index in [2.05, 4.69) is 5.32 Å². The third-order valence-electron chi connectivity index (χ3n) is 4.10. The Labute approximate surface area is 154 Å². The average molecular weight is 368 g/mol. The average Bonchev–Trinajstić information content (AvgIpc) is 2.85. The van der Waals surface area contributed by atoms with Crippen LogP contribution >= 0.6 is 11.6 Å². The van der Waals surface area contributed by atoms with E-state index in [9.17, 15) is 9.59 Å². The molecule has 7 heteroatoms. The fraction of sp³-hybridized carbons (Fsp3) is 0.556. The molecular formula is C18H26ClN3O3. The number of amides is 3. The number of carbonyl (C=O) groups is 2. The molecule has 0 aliphatic carbocycles. The van der Waals surface area contributed by atoms with Crippen molar-refractivity contribution in [1.82, 2.24) is 9.80 Å². The van der Waals surface area contributed by atoms with Crippen LogP contribution in [0.3, 0.4) is 0 Å². The van der Waals surface area contributed by atoms with Crippen LogP contribution in [-0.4, -0.2) is 61.1 Å². The van der Waals surface area contributed by atoms with Crippen LogP contribution in [-0.2, 0) is 9.53 Å². The van der Waals surface area contributed by atoms with Gasteiger partial charge in [0.05, 0.1) is 0 Å². The van der Waals surface area contributed by atoms with Crippen LogP contribution in [0.25, 0.3) is 0 Å². The lowest BCUT2D eigenvalue weighted by atomic mass is 10.2. The van der Waals surface area contributed by atoms with Gasteiger partial charge in [-0.1, -0.05) is 17.7 Å². The van der Waals surface area contributed by atoms with Gasteiger partial charge in [-0.2, -0.15) is 0 Å². The second-order valence-electron chi connectivity index (χ2n) is 5.96. The molecule has 1 heterocycles. The Morgan fingerprint density at radius 1 is 1.20 bits per heavy atom. The predicted molar refractivity (Wildman–Crippen MR) is 99.0 cm³/mol. The van der Waals surface area contributed by atoms with Crippen LogP contribution < -0.4 is 5.32 Å². The molecule has 0 unspecified atom stereocenters. The highest BCUT2D eigenvalue weighted by molar-refractivity contribution is 6.30. The number of benzene rings is 1. The molecule has 0 spiro atoms. The van der Waals surface area contributed by atoms with Gasteiger partial charge in [0.25, 0.3) is 0 Å². The lowest BCUT2D eigenvalue weighted by Crippen LogP contribution is -2.39. The van der Waals surface area contributed by atoms with Crippen LogP contribution in [0.15, 0.2) is 24.3 Å². The number of rotatable bonds is 6. The second-order valence-corrected chi connectivity index (χ2v) is 6.40. The summed E-state index contributed by atoms with van der Waals surface area (Å²) < 4.78 is 5.27. The summed E-state index contributed by atoms with van der Waals surface area (Å²) >= 11 is 5.94. The van der Waals surface area contributed by atoms with Gasteiger partial charge in [-0.05, 0) is 38.0 Å². The molecule has 0 atom stereocenters. The van der Waals surface area contributed by atoms with Gasteiger partial charge in [0, 0.05) is 56.5 Å². The van der Waals surface area contributed by atoms with Crippen LogP contribution in [0.4, 0.5) is 10.5 Å². The molecule has 1 fully saturated rings. The first-order valence-electron chi connectivity index (χ1n) is 8.77. The summed E-state index contributed by atoms with van der Waals surface area (Å²) in [4.78, 5) is 28.2. The Morgan fingerprint density at radius 2 is 1.96 bits per heavy atom. The Morgan fingerprint density at radius 3 is 2.72 bits per heavy atom. The van der Waals surface area contributed by atoms with Crippen molar-refractivity contribution < 1.29 is 14.3 Å². The maximum Gasteiger partial charge on any atom is 0.321 e. The number of carbonyl (C=O) groups excluding carboxylic acids is 2. The highest BCUT2D eigenvalue weighted by atomic mass is 35.5. The Bertz CT molecular complexity index is 582. The van der Waals surface area contributed by atoms with Crippen LogP contribution in [0.2, 0.25) is 5.02 Å². The summed E-state index contributed by atoms with van der Waals surface area (Å²) in [6.07, 6.45) is 2.01. The first kappa shape index (κ1) is 19.5. The minimum atomic E-state index is -0.159. The van der Waals surface area contributed by atoms with Gasteiger partial charge < -0.3 is 19.9 Å². The van der Waals surface area contributed by atoms with E-state index in [4.69, 9.17) is 16.3 Å². The number of hydrogen-bond acceptors (Lipinski definition) is 3. The molecule has 0 saturated carbocycles. The van der Waals surface area contributed by atoms with Gasteiger partial charge in [-0.25, -0.2) is 4.79 Å². The zero-order valence-corrected chi connectivity index (χ0v) is 15.4. The number of nitrogens with one attached hydrogen (secondary N) is 1. The Kier molecular flexibility index (Phi) is 8.01. The SMILES string of the molecule is CCOCCCC(=O)N1CCCN(C(=O)Nc2cccc(Cl)c2)CC1. The number of anilines is 1. The van der Waals surface area contributed by atoms with Gasteiger partial charge in [0.15, 0.2) is 0 Å². The molecule has 25 heavy (non-hydrogen) atoms. The first-order chi connectivity index (χ1) is 12.1. The summed E-state index contributed by atoms with van der Waals surface area (Å²) in [5.74, 6) is 0.136. The minimum Gasteiger partial charge on any atom is -0.382 e. The summed E-state index contributed by atoms with van der Waals surface area (Å²) in [6.45, 7) is 5.65. The third kappa shape index (κ3) is 6.55. The van der Waals surface area contributed by atoms with Gasteiger partial charge in [0.2, 0.25) is 5.91 Å². The molecule has 1 aromatic carbocycles. The van der Waals surface area contributed by atoms with Gasteiger partial charge in [-0.3, -0.25) is 4.79 Å². The van der Waals surface area contributed by atoms with E-state index in [1.54, 1.807) is 29.2 Å². The van der Waals surface area contributed by atoms with Gasteiger partial charge in [0.1, 0.15) is 0 Å². The number of ether oxygens (including phenoxy) is 1. The van der Waals surface area contributed by atoms with E-state index in [0.29, 0.717) is 56.5 Å². The van der Waals surface area contributed by atoms with Crippen molar-refractivity contribution in [2.24, 2.45) is 0 Å². The maximum absolute atomic E-state index is 12.4. The van der Waals surface area contributed by atoms with E-state index in [1.165, 1.54) is 0 Å². The molecule has 0 aromatic heterocycles. The monoisotopic (exact) mass is 367 g/mol. The normalized spacial score (nSPS) is 15.0. The van der Waals surface area contributed by atoms with Crippen molar-refractivity contribution in [3.05, 3.63) is 29.3 Å². The largest absolute Gasteiger partial charge is 0.382 e. The predicted octanol–water partition coefficient (Wildman–Crippen LogP) is 3.22. The van der Waals surface area contributed by atoms with Crippen LogP contribution in [0.5, 0.6) is 0 Å². The van der Waals surface area contributed by atoms with E-state index < -0.39 is 0 Å². The quantitative estimate of drug-likeness (QED) is 0.785. The summed E-state index contributed by atoms with van der Waals surface area (Å²) in [5, 5.41) is 3.44. The van der Waals surface area contributed by atoms with Gasteiger partial charge >= 0.3 is 6.03 Å². The number of halogens is 1. The van der Waals surface area contributed by atoms with Crippen molar-refractivity contribution in [2.75, 3.05) is 44.7 Å². The van der Waals surface area contributed by atoms with Crippen molar-refractivity contribution in [3.8, 4) is 0 Å². The van der Waals surface area contributed by atoms with Gasteiger partial charge in [-0.15, -0.1) is 0 Å². The topological polar surface area (TPSA) is 61.9 Å². The summed E-state index contributed by atoms with van der Waals surface area (Å²) in [5.41, 5.74) is 0.672. The fourth-order valence-corrected chi connectivity index (χ4v) is 2.96. The molecule has 2 rings (SSSR count). The molecular weight excluding hydrogens is 342 g/mol. The Balaban J connectivity index is 1.80. The lowest BCUT2D eigenvalue weighted by molar-refractivity contribution is -0.131. The van der Waals surface area contributed by atoms with Crippen molar-refractivity contribution >= 4 is 29.2 Å². The summed E-state index contributed by atoms with van der Waals surface area (Å²) in [6, 6.07) is 6.91.